The Labute approximate surface area is 210 Å². The molecule has 1 unspecified atom stereocenters. The maximum absolute atomic E-state index is 13.9. The molecule has 1 aromatic carbocycles. The second-order valence-electron chi connectivity index (χ2n) is 10.3. The third-order valence-corrected chi connectivity index (χ3v) is 7.89. The molecule has 36 heavy (non-hydrogen) atoms. The van der Waals surface area contributed by atoms with Gasteiger partial charge in [0.1, 0.15) is 5.82 Å². The predicted octanol–water partition coefficient (Wildman–Crippen LogP) is 3.51. The Kier molecular flexibility index (Phi) is 4.61. The number of ether oxygens (including phenoxy) is 1. The molecule has 7 rings (SSSR count). The Balaban J connectivity index is 1.13. The number of anilines is 2. The van der Waals surface area contributed by atoms with Crippen LogP contribution in [-0.2, 0) is 13.1 Å². The van der Waals surface area contributed by atoms with Crippen LogP contribution in [0.5, 0.6) is 5.75 Å². The zero-order valence-electron chi connectivity index (χ0n) is 19.5. The fourth-order valence-corrected chi connectivity index (χ4v) is 6.05. The number of hydrogen-bond donors (Lipinski definition) is 0. The molecule has 188 valence electrons. The van der Waals surface area contributed by atoms with Gasteiger partial charge in [-0.3, -0.25) is 9.47 Å². The first kappa shape index (κ1) is 22.2. The molecule has 1 aliphatic carbocycles. The Bertz CT molecular complexity index is 1370. The first-order valence-electron chi connectivity index (χ1n) is 11.8. The van der Waals surface area contributed by atoms with Crippen LogP contribution in [0, 0.1) is 11.2 Å². The van der Waals surface area contributed by atoms with E-state index in [1.807, 2.05) is 16.7 Å². The molecule has 1 spiro atoms. The Hall–Kier alpha value is -3.05. The molecule has 3 fully saturated rings. The zero-order valence-corrected chi connectivity index (χ0v) is 20.2. The first-order valence-corrected chi connectivity index (χ1v) is 12.2. The molecule has 0 radical (unpaired) electrons. The summed E-state index contributed by atoms with van der Waals surface area (Å²) in [5, 5.41) is 9.46. The van der Waals surface area contributed by atoms with Crippen molar-refractivity contribution < 1.29 is 17.9 Å². The summed E-state index contributed by atoms with van der Waals surface area (Å²) in [6.07, 6.45) is 1.06. The average molecular weight is 518 g/mol. The van der Waals surface area contributed by atoms with Crippen LogP contribution in [-0.4, -0.2) is 69.9 Å². The van der Waals surface area contributed by atoms with Crippen molar-refractivity contribution in [2.24, 2.45) is 5.41 Å². The average Bonchev–Trinajstić information content (AvgIpc) is 3.30. The first-order chi connectivity index (χ1) is 17.2. The summed E-state index contributed by atoms with van der Waals surface area (Å²) in [6.45, 7) is 3.77. The Morgan fingerprint density at radius 3 is 2.53 bits per heavy atom. The quantitative estimate of drug-likeness (QED) is 0.525. The number of pyridine rings is 1. The van der Waals surface area contributed by atoms with Gasteiger partial charge in [-0.1, -0.05) is 11.6 Å². The summed E-state index contributed by atoms with van der Waals surface area (Å²) in [5.41, 5.74) is 1.82. The summed E-state index contributed by atoms with van der Waals surface area (Å²) in [5.74, 6) is -0.686. The van der Waals surface area contributed by atoms with E-state index in [9.17, 15) is 13.2 Å². The number of fused-ring (bicyclic) bond motifs is 3. The van der Waals surface area contributed by atoms with Crippen LogP contribution in [0.2, 0.25) is 5.02 Å². The van der Waals surface area contributed by atoms with Gasteiger partial charge in [-0.05, 0) is 23.8 Å². The molecule has 8 nitrogen and oxygen atoms in total. The molecule has 1 saturated carbocycles. The number of methoxy groups -OCH3 is 1. The van der Waals surface area contributed by atoms with E-state index in [-0.39, 0.29) is 11.8 Å². The minimum atomic E-state index is -2.67. The van der Waals surface area contributed by atoms with Crippen LogP contribution in [0.1, 0.15) is 17.8 Å². The lowest BCUT2D eigenvalue weighted by atomic mass is 9.73. The van der Waals surface area contributed by atoms with Crippen molar-refractivity contribution in [3.8, 4) is 11.4 Å². The van der Waals surface area contributed by atoms with Gasteiger partial charge in [-0.15, -0.1) is 10.2 Å². The lowest BCUT2D eigenvalue weighted by Gasteiger charge is -2.60. The molecule has 0 bridgehead atoms. The number of hydrogen-bond acceptors (Lipinski definition) is 7. The maximum Gasteiger partial charge on any atom is 0.265 e. The normalized spacial score (nSPS) is 23.4. The third kappa shape index (κ3) is 3.36. The minimum Gasteiger partial charge on any atom is -0.493 e. The highest BCUT2D eigenvalue weighted by molar-refractivity contribution is 6.30. The smallest absolute Gasteiger partial charge is 0.265 e. The van der Waals surface area contributed by atoms with Crippen LogP contribution in [0.25, 0.3) is 5.69 Å². The van der Waals surface area contributed by atoms with E-state index in [1.54, 1.807) is 11.0 Å². The van der Waals surface area contributed by atoms with Gasteiger partial charge in [0, 0.05) is 55.6 Å². The van der Waals surface area contributed by atoms with E-state index in [4.69, 9.17) is 16.3 Å². The molecular formula is C24H23ClF3N7O. The third-order valence-electron chi connectivity index (χ3n) is 7.65. The van der Waals surface area contributed by atoms with E-state index >= 15 is 0 Å². The van der Waals surface area contributed by atoms with Crippen LogP contribution in [0.3, 0.4) is 0 Å². The minimum absolute atomic E-state index is 0.0726. The number of halogens is 4. The summed E-state index contributed by atoms with van der Waals surface area (Å²) < 4.78 is 48.7. The van der Waals surface area contributed by atoms with Gasteiger partial charge in [-0.25, -0.2) is 18.2 Å². The monoisotopic (exact) mass is 517 g/mol. The van der Waals surface area contributed by atoms with Crippen molar-refractivity contribution >= 4 is 23.4 Å². The van der Waals surface area contributed by atoms with E-state index in [2.05, 4.69) is 25.0 Å². The van der Waals surface area contributed by atoms with Gasteiger partial charge in [0.05, 0.1) is 31.6 Å². The molecule has 0 amide bonds. The lowest BCUT2D eigenvalue weighted by molar-refractivity contribution is 0.0663. The number of alkyl halides is 2. The van der Waals surface area contributed by atoms with Crippen LogP contribution >= 0.6 is 11.6 Å². The highest BCUT2D eigenvalue weighted by Gasteiger charge is 2.60. The van der Waals surface area contributed by atoms with E-state index < -0.39 is 17.8 Å². The van der Waals surface area contributed by atoms with Gasteiger partial charge >= 0.3 is 0 Å². The molecule has 4 aliphatic rings. The second kappa shape index (κ2) is 7.48. The van der Waals surface area contributed by atoms with Crippen LogP contribution < -0.4 is 14.5 Å². The van der Waals surface area contributed by atoms with Crippen molar-refractivity contribution in [3.63, 3.8) is 0 Å². The molecule has 3 aromatic rings. The van der Waals surface area contributed by atoms with E-state index in [0.29, 0.717) is 41.5 Å². The summed E-state index contributed by atoms with van der Waals surface area (Å²) in [6, 6.07) is 6.11. The van der Waals surface area contributed by atoms with Crippen molar-refractivity contribution in [3.05, 3.63) is 52.7 Å². The van der Waals surface area contributed by atoms with Crippen LogP contribution in [0.15, 0.2) is 30.5 Å². The molecule has 12 heteroatoms. The fourth-order valence-electron chi connectivity index (χ4n) is 5.85. The molecule has 2 saturated heterocycles. The topological polar surface area (TPSA) is 62.6 Å². The number of rotatable bonds is 4. The molecule has 5 heterocycles. The standard InChI is InChI=1S/C24H23ClF3N7O/c1-36-18-5-16(26)7-29-21(18)33-10-23(11-33)12-34(13-23)22-31-30-20-9-32(19-6-24(19,27)28)8-14-4-15(25)2-3-17(14)35(20)22/h2-5,7,19H,6,8-13H2,1H3. The lowest BCUT2D eigenvalue weighted by Crippen LogP contribution is -2.73. The maximum atomic E-state index is 13.9. The largest absolute Gasteiger partial charge is 0.493 e. The summed E-state index contributed by atoms with van der Waals surface area (Å²) in [4.78, 5) is 10.3. The van der Waals surface area contributed by atoms with Gasteiger partial charge in [-0.2, -0.15) is 0 Å². The van der Waals surface area contributed by atoms with Crippen molar-refractivity contribution in [1.82, 2.24) is 24.6 Å². The van der Waals surface area contributed by atoms with E-state index in [0.717, 1.165) is 37.4 Å². The highest BCUT2D eigenvalue weighted by atomic mass is 35.5. The van der Waals surface area contributed by atoms with Gasteiger partial charge in [0.25, 0.3) is 5.92 Å². The van der Waals surface area contributed by atoms with Gasteiger partial charge in [0.2, 0.25) is 5.95 Å². The molecular weight excluding hydrogens is 495 g/mol. The van der Waals surface area contributed by atoms with Crippen LogP contribution in [0.4, 0.5) is 24.9 Å². The summed E-state index contributed by atoms with van der Waals surface area (Å²) >= 11 is 6.27. The second-order valence-corrected chi connectivity index (χ2v) is 10.7. The van der Waals surface area contributed by atoms with Gasteiger partial charge in [0.15, 0.2) is 17.4 Å². The van der Waals surface area contributed by atoms with Crippen molar-refractivity contribution in [2.75, 3.05) is 43.1 Å². The van der Waals surface area contributed by atoms with E-state index in [1.165, 1.54) is 19.4 Å². The summed E-state index contributed by atoms with van der Waals surface area (Å²) in [7, 11) is 1.51. The molecule has 3 aliphatic heterocycles. The van der Waals surface area contributed by atoms with Gasteiger partial charge < -0.3 is 14.5 Å². The molecule has 1 atom stereocenters. The fraction of sp³-hybridized carbons (Fsp3) is 0.458. The highest BCUT2D eigenvalue weighted by Crippen LogP contribution is 2.49. The number of aromatic nitrogens is 4. The molecule has 2 aromatic heterocycles. The van der Waals surface area contributed by atoms with Crippen molar-refractivity contribution in [1.29, 1.82) is 0 Å². The molecule has 0 N–H and O–H groups in total. The Morgan fingerprint density at radius 2 is 1.81 bits per heavy atom. The predicted molar refractivity (Wildman–Crippen MR) is 127 cm³/mol. The SMILES string of the molecule is COc1cc(F)cnc1N1CC2(C1)CN(c1nnc3n1-c1ccc(Cl)cc1CN(C1CC1(F)F)C3)C2. The van der Waals surface area contributed by atoms with Crippen molar-refractivity contribution in [2.45, 2.75) is 31.5 Å². The zero-order chi connectivity index (χ0) is 24.8. The Morgan fingerprint density at radius 1 is 1.06 bits per heavy atom. The number of benzene rings is 1. The number of nitrogens with zero attached hydrogens (tertiary/aromatic N) is 7.